The molecule has 0 aliphatic rings. The summed E-state index contributed by atoms with van der Waals surface area (Å²) >= 11 is 0. The number of ether oxygens (including phenoxy) is 5. The lowest BCUT2D eigenvalue weighted by atomic mass is 10.4. The smallest absolute Gasteiger partial charge is 0.435 e. The molecule has 0 amide bonds. The van der Waals surface area contributed by atoms with Gasteiger partial charge in [-0.2, -0.15) is 0 Å². The molecule has 0 aliphatic carbocycles. The molecule has 7 heteroatoms. The highest BCUT2D eigenvalue weighted by atomic mass is 16.7. The van der Waals surface area contributed by atoms with Crippen LogP contribution in [-0.4, -0.2) is 50.9 Å². The lowest BCUT2D eigenvalue weighted by Gasteiger charge is -2.17. The first-order valence-electron chi connectivity index (χ1n) is 6.24. The van der Waals surface area contributed by atoms with E-state index in [-0.39, 0.29) is 32.5 Å². The van der Waals surface area contributed by atoms with Crippen molar-refractivity contribution < 1.29 is 33.3 Å². The normalized spacial score (nSPS) is 13.3. The summed E-state index contributed by atoms with van der Waals surface area (Å²) in [5.41, 5.74) is 0. The fourth-order valence-electron chi connectivity index (χ4n) is 1.04. The molecule has 0 rings (SSSR count). The van der Waals surface area contributed by atoms with Crippen LogP contribution in [0.15, 0.2) is 0 Å². The molecule has 0 fully saturated rings. The molecule has 112 valence electrons. The molecule has 2 atom stereocenters. The van der Waals surface area contributed by atoms with Gasteiger partial charge in [-0.15, -0.1) is 0 Å². The molecule has 7 nitrogen and oxygen atoms in total. The second-order valence-electron chi connectivity index (χ2n) is 3.75. The molecule has 0 bridgehead atoms. The average Bonchev–Trinajstić information content (AvgIpc) is 2.34. The molecule has 0 aromatic heterocycles. The zero-order valence-corrected chi connectivity index (χ0v) is 11.8. The summed E-state index contributed by atoms with van der Waals surface area (Å²) in [4.78, 5) is 21.9. The predicted octanol–water partition coefficient (Wildman–Crippen LogP) is 2.13. The van der Waals surface area contributed by atoms with E-state index in [4.69, 9.17) is 14.2 Å². The number of carbonyl (C=O) groups excluding carboxylic acids is 2. The Labute approximate surface area is 113 Å². The average molecular weight is 278 g/mol. The molecule has 0 saturated heterocycles. The van der Waals surface area contributed by atoms with Crippen molar-refractivity contribution in [2.24, 2.45) is 0 Å². The van der Waals surface area contributed by atoms with Crippen LogP contribution in [-0.2, 0) is 23.7 Å². The van der Waals surface area contributed by atoms with Crippen LogP contribution in [0.4, 0.5) is 9.59 Å². The summed E-state index contributed by atoms with van der Waals surface area (Å²) in [6, 6.07) is 0. The molecule has 0 radical (unpaired) electrons. The van der Waals surface area contributed by atoms with Gasteiger partial charge in [0.25, 0.3) is 0 Å². The van der Waals surface area contributed by atoms with Gasteiger partial charge < -0.3 is 23.7 Å². The first-order chi connectivity index (χ1) is 8.99. The Hall–Kier alpha value is -1.50. The van der Waals surface area contributed by atoms with Crippen molar-refractivity contribution in [3.63, 3.8) is 0 Å². The Morgan fingerprint density at radius 1 is 0.842 bits per heavy atom. The topological polar surface area (TPSA) is 80.3 Å². The predicted molar refractivity (Wildman–Crippen MR) is 66.0 cm³/mol. The van der Waals surface area contributed by atoms with E-state index >= 15 is 0 Å². The van der Waals surface area contributed by atoms with Gasteiger partial charge in [0.05, 0.1) is 25.9 Å². The van der Waals surface area contributed by atoms with E-state index in [9.17, 15) is 9.59 Å². The van der Waals surface area contributed by atoms with E-state index in [2.05, 4.69) is 9.47 Å². The first kappa shape index (κ1) is 17.5. The third kappa shape index (κ3) is 10.1. The van der Waals surface area contributed by atoms with E-state index in [1.54, 1.807) is 27.7 Å². The Morgan fingerprint density at radius 3 is 2.00 bits per heavy atom. The second kappa shape index (κ2) is 10.4. The highest BCUT2D eigenvalue weighted by molar-refractivity contribution is 5.60. The molecular weight excluding hydrogens is 256 g/mol. The Balaban J connectivity index is 3.68. The van der Waals surface area contributed by atoms with Crippen LogP contribution in [0.25, 0.3) is 0 Å². The van der Waals surface area contributed by atoms with Crippen LogP contribution < -0.4 is 0 Å². The molecule has 0 heterocycles. The van der Waals surface area contributed by atoms with Crippen molar-refractivity contribution in [2.45, 2.75) is 39.9 Å². The van der Waals surface area contributed by atoms with Gasteiger partial charge >= 0.3 is 12.3 Å². The number of hydrogen-bond acceptors (Lipinski definition) is 7. The summed E-state index contributed by atoms with van der Waals surface area (Å²) in [5.74, 6) is 0. The summed E-state index contributed by atoms with van der Waals surface area (Å²) in [5, 5.41) is 0. The minimum atomic E-state index is -0.728. The highest BCUT2D eigenvalue weighted by Gasteiger charge is 2.13. The van der Waals surface area contributed by atoms with Crippen LogP contribution >= 0.6 is 0 Å². The molecule has 0 saturated carbocycles. The summed E-state index contributed by atoms with van der Waals surface area (Å²) in [6.45, 7) is 7.57. The fourth-order valence-corrected chi connectivity index (χ4v) is 1.04. The molecule has 2 unspecified atom stereocenters. The standard InChI is InChI=1S/C12H22O7/c1-5-15-11(13)18-7-9(3)17-8-10(4)19-12(14)16-6-2/h9-10H,5-8H2,1-4H3. The number of carbonyl (C=O) groups is 2. The zero-order chi connectivity index (χ0) is 14.7. The second-order valence-corrected chi connectivity index (χ2v) is 3.75. The number of hydrogen-bond donors (Lipinski definition) is 0. The minimum Gasteiger partial charge on any atom is -0.435 e. The van der Waals surface area contributed by atoms with E-state index in [0.717, 1.165) is 0 Å². The summed E-state index contributed by atoms with van der Waals surface area (Å²) in [6.07, 6.45) is -2.22. The van der Waals surface area contributed by atoms with E-state index in [1.165, 1.54) is 0 Å². The van der Waals surface area contributed by atoms with Crippen molar-refractivity contribution in [3.8, 4) is 0 Å². The lowest BCUT2D eigenvalue weighted by molar-refractivity contribution is -0.0480. The van der Waals surface area contributed by atoms with E-state index in [1.807, 2.05) is 0 Å². The van der Waals surface area contributed by atoms with E-state index < -0.39 is 18.4 Å². The van der Waals surface area contributed by atoms with Crippen molar-refractivity contribution in [1.29, 1.82) is 0 Å². The van der Waals surface area contributed by atoms with Gasteiger partial charge in [0.15, 0.2) is 0 Å². The van der Waals surface area contributed by atoms with Crippen molar-refractivity contribution in [3.05, 3.63) is 0 Å². The van der Waals surface area contributed by atoms with Gasteiger partial charge in [-0.05, 0) is 27.7 Å². The van der Waals surface area contributed by atoms with Crippen LogP contribution in [0.3, 0.4) is 0 Å². The Morgan fingerprint density at radius 2 is 1.42 bits per heavy atom. The zero-order valence-electron chi connectivity index (χ0n) is 11.8. The maximum absolute atomic E-state index is 11.0. The maximum atomic E-state index is 11.0. The van der Waals surface area contributed by atoms with Crippen molar-refractivity contribution >= 4 is 12.3 Å². The Bertz CT molecular complexity index is 267. The van der Waals surface area contributed by atoms with Gasteiger partial charge in [0.1, 0.15) is 12.7 Å². The molecule has 0 spiro atoms. The Kier molecular flexibility index (Phi) is 9.60. The number of rotatable bonds is 8. The molecule has 19 heavy (non-hydrogen) atoms. The van der Waals surface area contributed by atoms with Crippen molar-refractivity contribution in [2.75, 3.05) is 26.4 Å². The van der Waals surface area contributed by atoms with Gasteiger partial charge in [-0.3, -0.25) is 0 Å². The summed E-state index contributed by atoms with van der Waals surface area (Å²) in [7, 11) is 0. The molecule has 0 aromatic rings. The van der Waals surface area contributed by atoms with Gasteiger partial charge in [0, 0.05) is 0 Å². The van der Waals surface area contributed by atoms with Crippen LogP contribution in [0.2, 0.25) is 0 Å². The minimum absolute atomic E-state index is 0.0744. The molecule has 0 aliphatic heterocycles. The van der Waals surface area contributed by atoms with Gasteiger partial charge in [-0.25, -0.2) is 9.59 Å². The first-order valence-corrected chi connectivity index (χ1v) is 6.24. The molecule has 0 aromatic carbocycles. The van der Waals surface area contributed by atoms with Crippen molar-refractivity contribution in [1.82, 2.24) is 0 Å². The molecule has 0 N–H and O–H groups in total. The largest absolute Gasteiger partial charge is 0.508 e. The monoisotopic (exact) mass is 278 g/mol. The molecular formula is C12H22O7. The SMILES string of the molecule is CCOC(=O)OCC(C)OCC(C)OC(=O)OCC. The van der Waals surface area contributed by atoms with Crippen LogP contribution in [0.5, 0.6) is 0 Å². The van der Waals surface area contributed by atoms with E-state index in [0.29, 0.717) is 0 Å². The highest BCUT2D eigenvalue weighted by Crippen LogP contribution is 2.00. The third-order valence-corrected chi connectivity index (χ3v) is 1.87. The van der Waals surface area contributed by atoms with Crippen LogP contribution in [0.1, 0.15) is 27.7 Å². The fraction of sp³-hybridized carbons (Fsp3) is 0.833. The van der Waals surface area contributed by atoms with Crippen LogP contribution in [0, 0.1) is 0 Å². The van der Waals surface area contributed by atoms with Gasteiger partial charge in [-0.1, -0.05) is 0 Å². The summed E-state index contributed by atoms with van der Waals surface area (Å²) < 4.78 is 24.2. The lowest BCUT2D eigenvalue weighted by Crippen LogP contribution is -2.26. The maximum Gasteiger partial charge on any atom is 0.508 e. The quantitative estimate of drug-likeness (QED) is 0.629. The van der Waals surface area contributed by atoms with Gasteiger partial charge in [0.2, 0.25) is 0 Å². The third-order valence-electron chi connectivity index (χ3n) is 1.87.